The molecule has 33 heavy (non-hydrogen) atoms. The predicted molar refractivity (Wildman–Crippen MR) is 132 cm³/mol. The van der Waals surface area contributed by atoms with Crippen LogP contribution < -0.4 is 15.0 Å². The molecule has 0 aliphatic carbocycles. The number of aryl methyl sites for hydroxylation is 1. The Morgan fingerprint density at radius 2 is 1.97 bits per heavy atom. The van der Waals surface area contributed by atoms with Crippen molar-refractivity contribution in [1.29, 1.82) is 0 Å². The number of piperidine rings is 1. The number of carbonyl (C=O) groups is 2. The van der Waals surface area contributed by atoms with E-state index in [2.05, 4.69) is 21.2 Å². The van der Waals surface area contributed by atoms with Crippen molar-refractivity contribution in [2.75, 3.05) is 38.7 Å². The highest BCUT2D eigenvalue weighted by atomic mass is 32.1. The van der Waals surface area contributed by atoms with Gasteiger partial charge < -0.3 is 19.7 Å². The van der Waals surface area contributed by atoms with Crippen LogP contribution in [0.15, 0.2) is 29.6 Å². The number of methoxy groups -OCH3 is 1. The molecule has 0 radical (unpaired) electrons. The zero-order valence-corrected chi connectivity index (χ0v) is 21.0. The number of thiophene rings is 1. The average Bonchev–Trinajstić information content (AvgIpc) is 3.20. The second kappa shape index (κ2) is 11.0. The molecule has 1 saturated heterocycles. The smallest absolute Gasteiger partial charge is 0.295 e. The van der Waals surface area contributed by atoms with Crippen molar-refractivity contribution in [3.63, 3.8) is 0 Å². The van der Waals surface area contributed by atoms with Gasteiger partial charge >= 0.3 is 0 Å². The van der Waals surface area contributed by atoms with E-state index in [1.807, 2.05) is 44.4 Å². The number of anilines is 1. The fraction of sp³-hybridized carbons (Fsp3) is 0.520. The highest BCUT2D eigenvalue weighted by Crippen LogP contribution is 2.40. The van der Waals surface area contributed by atoms with Gasteiger partial charge in [0.25, 0.3) is 12.4 Å². The minimum absolute atomic E-state index is 0.00378. The Kier molecular flexibility index (Phi) is 8.37. The fourth-order valence-electron chi connectivity index (χ4n) is 4.51. The Morgan fingerprint density at radius 1 is 1.27 bits per heavy atom. The number of hydrogen-bond acceptors (Lipinski definition) is 7. The van der Waals surface area contributed by atoms with E-state index in [9.17, 15) is 9.59 Å². The van der Waals surface area contributed by atoms with Gasteiger partial charge in [0.05, 0.1) is 18.7 Å². The third kappa shape index (κ3) is 5.50. The molecule has 1 N–H and O–H groups in total. The molecule has 8 heteroatoms. The molecule has 0 spiro atoms. The number of rotatable bonds is 10. The normalized spacial score (nSPS) is 15.5. The Labute approximate surface area is 200 Å². The Balaban J connectivity index is 2.12. The predicted octanol–water partition coefficient (Wildman–Crippen LogP) is 4.37. The van der Waals surface area contributed by atoms with Crippen LogP contribution in [0.5, 0.6) is 5.75 Å². The van der Waals surface area contributed by atoms with Crippen molar-refractivity contribution in [2.45, 2.75) is 51.8 Å². The van der Waals surface area contributed by atoms with Crippen LogP contribution >= 0.6 is 11.3 Å². The van der Waals surface area contributed by atoms with Gasteiger partial charge in [-0.25, -0.2) is 0 Å². The Hall–Kier alpha value is -2.58. The Morgan fingerprint density at radius 3 is 2.61 bits per heavy atom. The van der Waals surface area contributed by atoms with Crippen LogP contribution in [0.1, 0.15) is 60.6 Å². The molecule has 180 valence electrons. The van der Waals surface area contributed by atoms with E-state index in [1.165, 1.54) is 17.8 Å². The zero-order chi connectivity index (χ0) is 24.0. The fourth-order valence-corrected chi connectivity index (χ4v) is 5.71. The molecule has 7 nitrogen and oxygen atoms in total. The highest BCUT2D eigenvalue weighted by molar-refractivity contribution is 7.14. The second-order valence-corrected chi connectivity index (χ2v) is 9.66. The molecule has 0 bridgehead atoms. The molecule has 3 rings (SSSR count). The van der Waals surface area contributed by atoms with Crippen molar-refractivity contribution in [1.82, 2.24) is 10.2 Å². The topological polar surface area (TPSA) is 71.1 Å². The quantitative estimate of drug-likeness (QED) is 0.408. The van der Waals surface area contributed by atoms with Gasteiger partial charge in [-0.1, -0.05) is 24.6 Å². The minimum Gasteiger partial charge on any atom is -0.496 e. The van der Waals surface area contributed by atoms with Crippen LogP contribution in [0, 0.1) is 6.92 Å². The number of para-hydroxylation sites is 1. The third-order valence-corrected chi connectivity index (χ3v) is 7.45. The lowest BCUT2D eigenvalue weighted by molar-refractivity contribution is -0.140. The SMILES string of the molecule is CNC(=O)c1c(C)csc1N(CC(c1ccccc1OC)N1CCCCC1)C(C)(C)OC=O. The average molecular weight is 474 g/mol. The van der Waals surface area contributed by atoms with Crippen LogP contribution in [0.2, 0.25) is 0 Å². The maximum atomic E-state index is 12.8. The summed E-state index contributed by atoms with van der Waals surface area (Å²) in [5.41, 5.74) is 1.64. The van der Waals surface area contributed by atoms with Crippen molar-refractivity contribution < 1.29 is 19.1 Å². The van der Waals surface area contributed by atoms with Gasteiger partial charge in [0.2, 0.25) is 0 Å². The summed E-state index contributed by atoms with van der Waals surface area (Å²) in [6, 6.07) is 8.07. The maximum absolute atomic E-state index is 12.8. The monoisotopic (exact) mass is 473 g/mol. The summed E-state index contributed by atoms with van der Waals surface area (Å²) >= 11 is 1.49. The maximum Gasteiger partial charge on any atom is 0.295 e. The van der Waals surface area contributed by atoms with Crippen molar-refractivity contribution >= 4 is 28.7 Å². The lowest BCUT2D eigenvalue weighted by atomic mass is 9.99. The lowest BCUT2D eigenvalue weighted by Gasteiger charge is -2.44. The molecular weight excluding hydrogens is 438 g/mol. The van der Waals surface area contributed by atoms with E-state index in [0.717, 1.165) is 47.8 Å². The molecule has 1 fully saturated rings. The number of carbonyl (C=O) groups excluding carboxylic acids is 2. The van der Waals surface area contributed by atoms with Crippen molar-refractivity contribution in [3.05, 3.63) is 46.3 Å². The molecule has 1 aromatic heterocycles. The van der Waals surface area contributed by atoms with E-state index in [0.29, 0.717) is 18.6 Å². The standard InChI is InChI=1S/C25H35N3O4S/c1-18-16-33-24(22(18)23(30)26-4)28(25(2,3)32-17-29)15-20(27-13-9-6-10-14-27)19-11-7-8-12-21(19)31-5/h7-8,11-12,16-17,20H,6,9-10,13-15H2,1-5H3,(H,26,30). The summed E-state index contributed by atoms with van der Waals surface area (Å²) in [4.78, 5) is 28.8. The first-order chi connectivity index (χ1) is 15.8. The summed E-state index contributed by atoms with van der Waals surface area (Å²) in [6.07, 6.45) is 3.51. The molecule has 0 saturated carbocycles. The number of likely N-dealkylation sites (tertiary alicyclic amines) is 1. The third-order valence-electron chi connectivity index (χ3n) is 6.33. The summed E-state index contributed by atoms with van der Waals surface area (Å²) in [5, 5.41) is 5.52. The number of benzene rings is 1. The summed E-state index contributed by atoms with van der Waals surface area (Å²) in [7, 11) is 3.32. The number of nitrogens with zero attached hydrogens (tertiary/aromatic N) is 2. The molecule has 1 aromatic carbocycles. The first kappa shape index (κ1) is 25.1. The van der Waals surface area contributed by atoms with Gasteiger partial charge in [-0.2, -0.15) is 0 Å². The largest absolute Gasteiger partial charge is 0.496 e. The van der Waals surface area contributed by atoms with Crippen molar-refractivity contribution in [3.8, 4) is 5.75 Å². The highest BCUT2D eigenvalue weighted by Gasteiger charge is 2.37. The molecule has 1 aliphatic rings. The summed E-state index contributed by atoms with van der Waals surface area (Å²) < 4.78 is 11.3. The first-order valence-corrected chi connectivity index (χ1v) is 12.3. The van der Waals surface area contributed by atoms with Gasteiger partial charge in [0.15, 0.2) is 5.72 Å². The zero-order valence-electron chi connectivity index (χ0n) is 20.2. The number of ether oxygens (including phenoxy) is 2. The van der Waals surface area contributed by atoms with Crippen LogP contribution in [0.4, 0.5) is 5.00 Å². The molecule has 2 heterocycles. The van der Waals surface area contributed by atoms with Gasteiger partial charge in [0, 0.05) is 19.2 Å². The lowest BCUT2D eigenvalue weighted by Crippen LogP contribution is -2.51. The van der Waals surface area contributed by atoms with Gasteiger partial charge in [-0.05, 0) is 63.7 Å². The van der Waals surface area contributed by atoms with Crippen LogP contribution in [-0.4, -0.2) is 56.8 Å². The number of hydrogen-bond donors (Lipinski definition) is 1. The van der Waals surface area contributed by atoms with E-state index in [-0.39, 0.29) is 11.9 Å². The van der Waals surface area contributed by atoms with Gasteiger partial charge in [-0.3, -0.25) is 14.5 Å². The van der Waals surface area contributed by atoms with Gasteiger partial charge in [-0.15, -0.1) is 11.3 Å². The van der Waals surface area contributed by atoms with E-state index in [1.54, 1.807) is 14.2 Å². The molecule has 2 aromatic rings. The number of amides is 1. The minimum atomic E-state index is -0.960. The molecule has 1 unspecified atom stereocenters. The van der Waals surface area contributed by atoms with Crippen LogP contribution in [-0.2, 0) is 9.53 Å². The molecule has 1 atom stereocenters. The molecular formula is C25H35N3O4S. The molecule has 1 amide bonds. The summed E-state index contributed by atoms with van der Waals surface area (Å²) in [6.45, 7) is 8.63. The van der Waals surface area contributed by atoms with E-state index >= 15 is 0 Å². The van der Waals surface area contributed by atoms with E-state index < -0.39 is 5.72 Å². The number of nitrogens with one attached hydrogen (secondary N) is 1. The second-order valence-electron chi connectivity index (χ2n) is 8.80. The van der Waals surface area contributed by atoms with Gasteiger partial charge in [0.1, 0.15) is 10.8 Å². The summed E-state index contributed by atoms with van der Waals surface area (Å²) in [5.74, 6) is 0.679. The Bertz CT molecular complexity index is 953. The first-order valence-electron chi connectivity index (χ1n) is 11.4. The van der Waals surface area contributed by atoms with Crippen LogP contribution in [0.3, 0.4) is 0 Å². The van der Waals surface area contributed by atoms with E-state index in [4.69, 9.17) is 9.47 Å². The molecule has 1 aliphatic heterocycles. The van der Waals surface area contributed by atoms with Crippen LogP contribution in [0.25, 0.3) is 0 Å². The van der Waals surface area contributed by atoms with Crippen molar-refractivity contribution in [2.24, 2.45) is 0 Å².